The molecule has 140 valence electrons. The molecule has 0 aliphatic carbocycles. The van der Waals surface area contributed by atoms with Gasteiger partial charge in [0.05, 0.1) is 10.0 Å². The van der Waals surface area contributed by atoms with Crippen LogP contribution in [0.15, 0.2) is 40.8 Å². The average Bonchev–Trinajstić information content (AvgIpc) is 3.17. The van der Waals surface area contributed by atoms with Gasteiger partial charge in [-0.1, -0.05) is 34.8 Å². The van der Waals surface area contributed by atoms with Gasteiger partial charge in [-0.05, 0) is 56.3 Å². The number of hydrogen-bond donors (Lipinski definition) is 0. The minimum Gasteiger partial charge on any atom is -0.483 e. The molecular formula is C20H15Cl3O3S. The summed E-state index contributed by atoms with van der Waals surface area (Å²) < 4.78 is 11.3. The largest absolute Gasteiger partial charge is 0.483 e. The zero-order valence-corrected chi connectivity index (χ0v) is 17.6. The molecule has 3 aromatic rings. The molecular weight excluding hydrogens is 427 g/mol. The fourth-order valence-electron chi connectivity index (χ4n) is 2.49. The van der Waals surface area contributed by atoms with Crippen molar-refractivity contribution in [2.45, 2.75) is 20.5 Å². The van der Waals surface area contributed by atoms with E-state index >= 15 is 0 Å². The van der Waals surface area contributed by atoms with Gasteiger partial charge >= 0.3 is 0 Å². The van der Waals surface area contributed by atoms with Gasteiger partial charge in [0, 0.05) is 20.3 Å². The van der Waals surface area contributed by atoms with E-state index in [0.29, 0.717) is 32.3 Å². The van der Waals surface area contributed by atoms with E-state index in [1.807, 2.05) is 19.9 Å². The van der Waals surface area contributed by atoms with E-state index in [-0.39, 0.29) is 12.4 Å². The maximum Gasteiger partial charge on any atom is 0.187 e. The van der Waals surface area contributed by atoms with Crippen molar-refractivity contribution in [1.29, 1.82) is 0 Å². The zero-order valence-electron chi connectivity index (χ0n) is 14.5. The van der Waals surface area contributed by atoms with Crippen LogP contribution in [0.3, 0.4) is 0 Å². The van der Waals surface area contributed by atoms with Gasteiger partial charge in [-0.15, -0.1) is 11.3 Å². The summed E-state index contributed by atoms with van der Waals surface area (Å²) in [6, 6.07) is 8.54. The summed E-state index contributed by atoms with van der Waals surface area (Å²) in [5.74, 6) is 1.42. The molecule has 0 amide bonds. The number of benzene rings is 1. The first kappa shape index (κ1) is 20.0. The number of carbonyl (C=O) groups is 1. The van der Waals surface area contributed by atoms with Crippen LogP contribution in [-0.2, 0) is 6.61 Å². The van der Waals surface area contributed by atoms with Gasteiger partial charge in [0.2, 0.25) is 0 Å². The number of carbonyl (C=O) groups excluding carboxylic acids is 1. The lowest BCUT2D eigenvalue weighted by Gasteiger charge is -2.08. The topological polar surface area (TPSA) is 39.4 Å². The van der Waals surface area contributed by atoms with Crippen molar-refractivity contribution < 1.29 is 13.9 Å². The summed E-state index contributed by atoms with van der Waals surface area (Å²) >= 11 is 19.7. The van der Waals surface area contributed by atoms with Crippen molar-refractivity contribution in [3.8, 4) is 5.75 Å². The molecule has 0 saturated carbocycles. The lowest BCUT2D eigenvalue weighted by atomic mass is 10.1. The number of allylic oxidation sites excluding steroid dienone is 1. The van der Waals surface area contributed by atoms with Gasteiger partial charge in [-0.3, -0.25) is 4.79 Å². The van der Waals surface area contributed by atoms with Crippen LogP contribution in [-0.4, -0.2) is 5.78 Å². The second-order valence-electron chi connectivity index (χ2n) is 5.82. The molecule has 27 heavy (non-hydrogen) atoms. The maximum absolute atomic E-state index is 12.3. The highest BCUT2D eigenvalue weighted by molar-refractivity contribution is 7.12. The summed E-state index contributed by atoms with van der Waals surface area (Å²) in [4.78, 5) is 14.4. The Balaban J connectivity index is 1.65. The molecule has 0 spiro atoms. The molecule has 2 aromatic heterocycles. The van der Waals surface area contributed by atoms with E-state index in [9.17, 15) is 4.79 Å². The lowest BCUT2D eigenvalue weighted by molar-refractivity contribution is 0.104. The first-order chi connectivity index (χ1) is 12.8. The summed E-state index contributed by atoms with van der Waals surface area (Å²) in [6.45, 7) is 4.07. The Bertz CT molecular complexity index is 994. The van der Waals surface area contributed by atoms with Gasteiger partial charge in [0.15, 0.2) is 11.5 Å². The Kier molecular flexibility index (Phi) is 6.33. The number of thiophene rings is 1. The van der Waals surface area contributed by atoms with Crippen LogP contribution in [0.4, 0.5) is 0 Å². The molecule has 7 heteroatoms. The van der Waals surface area contributed by atoms with E-state index in [4.69, 9.17) is 44.0 Å². The van der Waals surface area contributed by atoms with E-state index in [0.717, 1.165) is 15.3 Å². The number of furan rings is 1. The van der Waals surface area contributed by atoms with Crippen LogP contribution >= 0.6 is 46.1 Å². The van der Waals surface area contributed by atoms with Crippen molar-refractivity contribution in [3.05, 3.63) is 78.3 Å². The average molecular weight is 442 g/mol. The van der Waals surface area contributed by atoms with Crippen LogP contribution < -0.4 is 4.74 Å². The second kappa shape index (κ2) is 8.53. The molecule has 0 radical (unpaired) electrons. The molecule has 0 atom stereocenters. The van der Waals surface area contributed by atoms with E-state index in [1.54, 1.807) is 41.7 Å². The fourth-order valence-corrected chi connectivity index (χ4v) is 4.35. The first-order valence-electron chi connectivity index (χ1n) is 7.99. The van der Waals surface area contributed by atoms with Crippen LogP contribution in [0.25, 0.3) is 6.08 Å². The number of ketones is 1. The number of aryl methyl sites for hydroxylation is 2. The smallest absolute Gasteiger partial charge is 0.187 e. The summed E-state index contributed by atoms with van der Waals surface area (Å²) in [7, 11) is 0. The normalized spacial score (nSPS) is 11.3. The Morgan fingerprint density at radius 1 is 1.15 bits per heavy atom. The molecule has 0 bridgehead atoms. The standard InChI is InChI=1S/C20H15Cl3O3S/c1-11-7-16(12(2)27-11)19(24)6-5-14-3-4-15(26-14)10-25-20-17(22)8-13(21)9-18(20)23/h3-9H,10H2,1-2H3/b6-5+. The lowest BCUT2D eigenvalue weighted by Crippen LogP contribution is -1.95. The van der Waals surface area contributed by atoms with Gasteiger partial charge in [-0.25, -0.2) is 0 Å². The van der Waals surface area contributed by atoms with Crippen LogP contribution in [0.5, 0.6) is 5.75 Å². The van der Waals surface area contributed by atoms with Crippen LogP contribution in [0, 0.1) is 13.8 Å². The fraction of sp³-hybridized carbons (Fsp3) is 0.150. The number of rotatable bonds is 6. The SMILES string of the molecule is Cc1cc(C(=O)/C=C/c2ccc(COc3c(Cl)cc(Cl)cc3Cl)o2)c(C)s1. The Hall–Kier alpha value is -1.72. The summed E-state index contributed by atoms with van der Waals surface area (Å²) in [5.41, 5.74) is 0.718. The Morgan fingerprint density at radius 2 is 1.85 bits per heavy atom. The van der Waals surface area contributed by atoms with Gasteiger partial charge in [0.1, 0.15) is 18.1 Å². The van der Waals surface area contributed by atoms with E-state index in [2.05, 4.69) is 0 Å². The third-order valence-electron chi connectivity index (χ3n) is 3.71. The monoisotopic (exact) mass is 440 g/mol. The third kappa shape index (κ3) is 4.96. The molecule has 1 aromatic carbocycles. The molecule has 0 fully saturated rings. The van der Waals surface area contributed by atoms with Crippen molar-refractivity contribution in [2.24, 2.45) is 0 Å². The number of ether oxygens (including phenoxy) is 1. The number of halogens is 3. The van der Waals surface area contributed by atoms with Crippen molar-refractivity contribution in [2.75, 3.05) is 0 Å². The minimum absolute atomic E-state index is 0.0502. The molecule has 0 aliphatic rings. The summed E-state index contributed by atoms with van der Waals surface area (Å²) in [5, 5.41) is 1.08. The van der Waals surface area contributed by atoms with Crippen molar-refractivity contribution in [1.82, 2.24) is 0 Å². The van der Waals surface area contributed by atoms with Crippen LogP contribution in [0.2, 0.25) is 15.1 Å². The second-order valence-corrected chi connectivity index (χ2v) is 8.53. The molecule has 2 heterocycles. The molecule has 0 N–H and O–H groups in total. The molecule has 0 aliphatic heterocycles. The Morgan fingerprint density at radius 3 is 2.48 bits per heavy atom. The highest BCUT2D eigenvalue weighted by Gasteiger charge is 2.11. The molecule has 3 nitrogen and oxygen atoms in total. The predicted octanol–water partition coefficient (Wildman–Crippen LogP) is 7.39. The maximum atomic E-state index is 12.3. The minimum atomic E-state index is -0.0502. The Labute approximate surface area is 176 Å². The predicted molar refractivity (Wildman–Crippen MR) is 112 cm³/mol. The number of hydrogen-bond acceptors (Lipinski definition) is 4. The summed E-state index contributed by atoms with van der Waals surface area (Å²) in [6.07, 6.45) is 3.14. The third-order valence-corrected chi connectivity index (χ3v) is 5.46. The first-order valence-corrected chi connectivity index (χ1v) is 9.94. The van der Waals surface area contributed by atoms with E-state index < -0.39 is 0 Å². The van der Waals surface area contributed by atoms with Gasteiger partial charge in [0.25, 0.3) is 0 Å². The highest BCUT2D eigenvalue weighted by atomic mass is 35.5. The van der Waals surface area contributed by atoms with Gasteiger partial charge in [-0.2, -0.15) is 0 Å². The van der Waals surface area contributed by atoms with Crippen molar-refractivity contribution >= 4 is 58.0 Å². The molecule has 3 rings (SSSR count). The van der Waals surface area contributed by atoms with Crippen molar-refractivity contribution in [3.63, 3.8) is 0 Å². The zero-order chi connectivity index (χ0) is 19.6. The highest BCUT2D eigenvalue weighted by Crippen LogP contribution is 2.36. The van der Waals surface area contributed by atoms with E-state index in [1.165, 1.54) is 6.08 Å². The van der Waals surface area contributed by atoms with Crippen LogP contribution in [0.1, 0.15) is 31.6 Å². The molecule has 0 unspecified atom stereocenters. The molecule has 0 saturated heterocycles. The quantitative estimate of drug-likeness (QED) is 0.295. The van der Waals surface area contributed by atoms with Gasteiger partial charge < -0.3 is 9.15 Å².